The number of carbonyl (C=O) groups is 1. The lowest BCUT2D eigenvalue weighted by atomic mass is 10.1. The summed E-state index contributed by atoms with van der Waals surface area (Å²) in [5.41, 5.74) is 5.37. The minimum absolute atomic E-state index is 0.401. The fraction of sp³-hybridized carbons (Fsp3) is 0.286. The molecule has 2 aromatic carbocycles. The van der Waals surface area contributed by atoms with E-state index >= 15 is 0 Å². The lowest BCUT2D eigenvalue weighted by molar-refractivity contribution is 0.0695. The van der Waals surface area contributed by atoms with E-state index in [1.807, 2.05) is 12.1 Å². The standard InChI is InChI=1S/C21H21NO2/c23-21(24)16-9-5-4-8-15(16)14-22-19-12-3-1-2-10-17(19)18-11-6-7-13-20(18)22/h4-9,11,13H,1-3,10,12,14H2,(H,23,24). The molecule has 24 heavy (non-hydrogen) atoms. The van der Waals surface area contributed by atoms with Gasteiger partial charge in [-0.15, -0.1) is 0 Å². The number of hydrogen-bond donors (Lipinski definition) is 1. The van der Waals surface area contributed by atoms with Crippen molar-refractivity contribution in [1.29, 1.82) is 0 Å². The first kappa shape index (κ1) is 15.0. The van der Waals surface area contributed by atoms with Crippen molar-refractivity contribution in [3.8, 4) is 0 Å². The number of carboxylic acids is 1. The molecule has 0 amide bonds. The predicted octanol–water partition coefficient (Wildman–Crippen LogP) is 4.66. The van der Waals surface area contributed by atoms with Gasteiger partial charge < -0.3 is 9.67 Å². The van der Waals surface area contributed by atoms with Gasteiger partial charge in [0.05, 0.1) is 5.56 Å². The van der Waals surface area contributed by atoms with Crippen LogP contribution in [0.4, 0.5) is 0 Å². The second-order valence-electron chi connectivity index (χ2n) is 6.55. The minimum atomic E-state index is -0.854. The van der Waals surface area contributed by atoms with E-state index in [9.17, 15) is 9.90 Å². The van der Waals surface area contributed by atoms with E-state index in [0.717, 1.165) is 18.4 Å². The number of para-hydroxylation sites is 1. The fourth-order valence-electron chi connectivity index (χ4n) is 3.98. The minimum Gasteiger partial charge on any atom is -0.478 e. The zero-order valence-electron chi connectivity index (χ0n) is 13.7. The molecule has 0 saturated heterocycles. The summed E-state index contributed by atoms with van der Waals surface area (Å²) in [7, 11) is 0. The zero-order chi connectivity index (χ0) is 16.5. The lowest BCUT2D eigenvalue weighted by Gasteiger charge is -2.13. The van der Waals surface area contributed by atoms with Gasteiger partial charge in [-0.3, -0.25) is 0 Å². The first-order valence-electron chi connectivity index (χ1n) is 8.66. The summed E-state index contributed by atoms with van der Waals surface area (Å²) in [5.74, 6) is -0.854. The number of benzene rings is 2. The van der Waals surface area contributed by atoms with Crippen LogP contribution in [0.25, 0.3) is 10.9 Å². The van der Waals surface area contributed by atoms with E-state index in [2.05, 4.69) is 28.8 Å². The van der Waals surface area contributed by atoms with E-state index in [4.69, 9.17) is 0 Å². The van der Waals surface area contributed by atoms with E-state index in [-0.39, 0.29) is 0 Å². The van der Waals surface area contributed by atoms with Gasteiger partial charge in [-0.05, 0) is 48.9 Å². The van der Waals surface area contributed by atoms with Crippen LogP contribution in [0.5, 0.6) is 0 Å². The first-order valence-corrected chi connectivity index (χ1v) is 8.66. The number of aromatic carboxylic acids is 1. The molecule has 0 unspecified atom stereocenters. The molecule has 0 radical (unpaired) electrons. The van der Waals surface area contributed by atoms with Gasteiger partial charge in [0.25, 0.3) is 0 Å². The number of aromatic nitrogens is 1. The number of rotatable bonds is 3. The van der Waals surface area contributed by atoms with Crippen LogP contribution in [0.15, 0.2) is 48.5 Å². The van der Waals surface area contributed by atoms with Crippen LogP contribution >= 0.6 is 0 Å². The summed E-state index contributed by atoms with van der Waals surface area (Å²) in [6.45, 7) is 0.623. The maximum Gasteiger partial charge on any atom is 0.336 e. The average Bonchev–Trinajstić information content (AvgIpc) is 2.76. The van der Waals surface area contributed by atoms with E-state index in [0.29, 0.717) is 12.1 Å². The number of hydrogen-bond acceptors (Lipinski definition) is 1. The third-order valence-electron chi connectivity index (χ3n) is 5.11. The van der Waals surface area contributed by atoms with E-state index < -0.39 is 5.97 Å². The molecule has 1 N–H and O–H groups in total. The molecule has 0 fully saturated rings. The van der Waals surface area contributed by atoms with Gasteiger partial charge >= 0.3 is 5.97 Å². The Kier molecular flexibility index (Phi) is 3.85. The van der Waals surface area contributed by atoms with Crippen LogP contribution in [-0.4, -0.2) is 15.6 Å². The Hall–Kier alpha value is -2.55. The van der Waals surface area contributed by atoms with Crippen molar-refractivity contribution in [2.24, 2.45) is 0 Å². The van der Waals surface area contributed by atoms with Gasteiger partial charge in [0.1, 0.15) is 0 Å². The molecule has 0 bridgehead atoms. The highest BCUT2D eigenvalue weighted by atomic mass is 16.4. The fourth-order valence-corrected chi connectivity index (χ4v) is 3.98. The lowest BCUT2D eigenvalue weighted by Crippen LogP contribution is -2.09. The summed E-state index contributed by atoms with van der Waals surface area (Å²) >= 11 is 0. The Morgan fingerprint density at radius 1 is 0.958 bits per heavy atom. The average molecular weight is 319 g/mol. The molecule has 3 nitrogen and oxygen atoms in total. The Labute approximate surface area is 141 Å². The number of fused-ring (bicyclic) bond motifs is 3. The largest absolute Gasteiger partial charge is 0.478 e. The number of nitrogens with zero attached hydrogens (tertiary/aromatic N) is 1. The van der Waals surface area contributed by atoms with Crippen LogP contribution in [0.3, 0.4) is 0 Å². The summed E-state index contributed by atoms with van der Waals surface area (Å²) < 4.78 is 2.34. The quantitative estimate of drug-likeness (QED) is 0.714. The van der Waals surface area contributed by atoms with Gasteiger partial charge in [-0.1, -0.05) is 42.8 Å². The Bertz CT molecular complexity index is 907. The summed E-state index contributed by atoms with van der Waals surface area (Å²) in [6.07, 6.45) is 5.94. The van der Waals surface area contributed by atoms with E-state index in [1.54, 1.807) is 12.1 Å². The van der Waals surface area contributed by atoms with Crippen molar-refractivity contribution < 1.29 is 9.90 Å². The third-order valence-corrected chi connectivity index (χ3v) is 5.11. The summed E-state index contributed by atoms with van der Waals surface area (Å²) in [6, 6.07) is 15.9. The second kappa shape index (κ2) is 6.16. The molecule has 1 aliphatic rings. The smallest absolute Gasteiger partial charge is 0.336 e. The molecule has 0 atom stereocenters. The Morgan fingerprint density at radius 2 is 1.71 bits per heavy atom. The van der Waals surface area contributed by atoms with Gasteiger partial charge in [-0.25, -0.2) is 4.79 Å². The van der Waals surface area contributed by atoms with Crippen molar-refractivity contribution in [2.75, 3.05) is 0 Å². The molecule has 122 valence electrons. The molecule has 0 spiro atoms. The highest BCUT2D eigenvalue weighted by Gasteiger charge is 2.20. The Morgan fingerprint density at radius 3 is 2.58 bits per heavy atom. The second-order valence-corrected chi connectivity index (χ2v) is 6.55. The maximum absolute atomic E-state index is 11.5. The van der Waals surface area contributed by atoms with Gasteiger partial charge in [0.15, 0.2) is 0 Å². The molecular formula is C21H21NO2. The molecule has 0 saturated carbocycles. The molecule has 3 aromatic rings. The van der Waals surface area contributed by atoms with Gasteiger partial charge in [-0.2, -0.15) is 0 Å². The maximum atomic E-state index is 11.5. The molecule has 4 rings (SSSR count). The van der Waals surface area contributed by atoms with Crippen molar-refractivity contribution >= 4 is 16.9 Å². The monoisotopic (exact) mass is 319 g/mol. The highest BCUT2D eigenvalue weighted by Crippen LogP contribution is 2.32. The zero-order valence-corrected chi connectivity index (χ0v) is 13.7. The van der Waals surface area contributed by atoms with Crippen LogP contribution in [-0.2, 0) is 19.4 Å². The summed E-state index contributed by atoms with van der Waals surface area (Å²) in [5, 5.41) is 10.8. The normalized spacial score (nSPS) is 14.3. The van der Waals surface area contributed by atoms with Crippen molar-refractivity contribution in [1.82, 2.24) is 4.57 Å². The van der Waals surface area contributed by atoms with Crippen molar-refractivity contribution in [3.63, 3.8) is 0 Å². The van der Waals surface area contributed by atoms with Crippen molar-refractivity contribution in [3.05, 3.63) is 70.9 Å². The van der Waals surface area contributed by atoms with Gasteiger partial charge in [0, 0.05) is 23.1 Å². The Balaban J connectivity index is 1.88. The van der Waals surface area contributed by atoms with Crippen LogP contribution in [0.1, 0.15) is 46.4 Å². The van der Waals surface area contributed by atoms with Gasteiger partial charge in [0.2, 0.25) is 0 Å². The molecule has 1 heterocycles. The van der Waals surface area contributed by atoms with Crippen LogP contribution < -0.4 is 0 Å². The highest BCUT2D eigenvalue weighted by molar-refractivity contribution is 5.90. The molecule has 3 heteroatoms. The van der Waals surface area contributed by atoms with Crippen LogP contribution in [0.2, 0.25) is 0 Å². The number of carboxylic acid groups (broad SMARTS) is 1. The number of aryl methyl sites for hydroxylation is 1. The predicted molar refractivity (Wildman–Crippen MR) is 95.7 cm³/mol. The van der Waals surface area contributed by atoms with Crippen LogP contribution in [0, 0.1) is 0 Å². The summed E-state index contributed by atoms with van der Waals surface area (Å²) in [4.78, 5) is 11.5. The molecule has 1 aromatic heterocycles. The molecule has 1 aliphatic carbocycles. The first-order chi connectivity index (χ1) is 11.8. The SMILES string of the molecule is O=C(O)c1ccccc1Cn1c2c(c3ccccc31)CCCCC2. The van der Waals surface area contributed by atoms with E-state index in [1.165, 1.54) is 41.4 Å². The van der Waals surface area contributed by atoms with Crippen molar-refractivity contribution in [2.45, 2.75) is 38.6 Å². The topological polar surface area (TPSA) is 42.2 Å². The molecule has 0 aliphatic heterocycles. The molecular weight excluding hydrogens is 298 g/mol. The third kappa shape index (κ3) is 2.50.